The normalized spacial score (nSPS) is 26.2. The molecule has 0 aliphatic carbocycles. The summed E-state index contributed by atoms with van der Waals surface area (Å²) in [6, 6.07) is 0. The van der Waals surface area contributed by atoms with Gasteiger partial charge in [-0.1, -0.05) is 0 Å². The molecule has 0 amide bonds. The predicted octanol–water partition coefficient (Wildman–Crippen LogP) is 0.125. The summed E-state index contributed by atoms with van der Waals surface area (Å²) in [5.41, 5.74) is 0. The van der Waals surface area contributed by atoms with Crippen LogP contribution >= 0.6 is 12.6 Å². The molecule has 0 aromatic carbocycles. The molecule has 0 aromatic heterocycles. The smallest absolute Gasteiger partial charge is 0.0511 e. The van der Waals surface area contributed by atoms with Gasteiger partial charge in [0.2, 0.25) is 0 Å². The van der Waals surface area contributed by atoms with Crippen LogP contribution in [-0.4, -0.2) is 30.0 Å². The van der Waals surface area contributed by atoms with Crippen molar-refractivity contribution in [2.75, 3.05) is 19.8 Å². The third-order valence-corrected chi connectivity index (χ3v) is 1.75. The van der Waals surface area contributed by atoms with Crippen molar-refractivity contribution < 1.29 is 0 Å². The van der Waals surface area contributed by atoms with E-state index in [1.165, 1.54) is 0 Å². The molecule has 48 valence electrons. The summed E-state index contributed by atoms with van der Waals surface area (Å²) in [5.74, 6) is 0. The summed E-state index contributed by atoms with van der Waals surface area (Å²) in [6.07, 6.45) is 0. The van der Waals surface area contributed by atoms with E-state index in [-0.39, 0.29) is 0 Å². The molecule has 2 nitrogen and oxygen atoms in total. The SMILES string of the molecule is CC(S)N1CCNC1. The van der Waals surface area contributed by atoms with Crippen LogP contribution in [0.2, 0.25) is 0 Å². The average Bonchev–Trinajstić information content (AvgIpc) is 2.12. The van der Waals surface area contributed by atoms with E-state index in [0.29, 0.717) is 5.37 Å². The van der Waals surface area contributed by atoms with Gasteiger partial charge in [0.05, 0.1) is 5.37 Å². The second-order valence-corrected chi connectivity index (χ2v) is 2.85. The van der Waals surface area contributed by atoms with E-state index in [4.69, 9.17) is 0 Å². The van der Waals surface area contributed by atoms with Crippen molar-refractivity contribution in [3.05, 3.63) is 0 Å². The molecule has 1 aliphatic rings. The second-order valence-electron chi connectivity index (χ2n) is 2.10. The Morgan fingerprint density at radius 2 is 2.50 bits per heavy atom. The van der Waals surface area contributed by atoms with Gasteiger partial charge in [0.15, 0.2) is 0 Å². The molecule has 0 radical (unpaired) electrons. The Labute approximate surface area is 55.7 Å². The summed E-state index contributed by atoms with van der Waals surface area (Å²) in [5, 5.41) is 3.64. The van der Waals surface area contributed by atoms with Crippen LogP contribution < -0.4 is 5.32 Å². The molecule has 8 heavy (non-hydrogen) atoms. The number of nitrogens with one attached hydrogen (secondary N) is 1. The molecule has 1 fully saturated rings. The monoisotopic (exact) mass is 132 g/mol. The molecule has 1 saturated heterocycles. The Morgan fingerprint density at radius 1 is 1.75 bits per heavy atom. The lowest BCUT2D eigenvalue weighted by Gasteiger charge is -2.16. The minimum absolute atomic E-state index is 0.407. The van der Waals surface area contributed by atoms with Gasteiger partial charge < -0.3 is 5.32 Å². The summed E-state index contributed by atoms with van der Waals surface area (Å²) in [4.78, 5) is 2.28. The van der Waals surface area contributed by atoms with E-state index in [9.17, 15) is 0 Å². The van der Waals surface area contributed by atoms with E-state index < -0.39 is 0 Å². The van der Waals surface area contributed by atoms with Crippen molar-refractivity contribution in [2.45, 2.75) is 12.3 Å². The first kappa shape index (κ1) is 6.39. The minimum atomic E-state index is 0.407. The lowest BCUT2D eigenvalue weighted by molar-refractivity contribution is 0.330. The first-order valence-electron chi connectivity index (χ1n) is 2.93. The number of hydrogen-bond donors (Lipinski definition) is 2. The number of hydrogen-bond acceptors (Lipinski definition) is 3. The van der Waals surface area contributed by atoms with E-state index in [2.05, 4.69) is 29.8 Å². The Morgan fingerprint density at radius 3 is 2.75 bits per heavy atom. The maximum Gasteiger partial charge on any atom is 0.0511 e. The fourth-order valence-corrected chi connectivity index (χ4v) is 1.04. The molecular weight excluding hydrogens is 120 g/mol. The predicted molar refractivity (Wildman–Crippen MR) is 38.0 cm³/mol. The zero-order valence-electron chi connectivity index (χ0n) is 5.09. The Hall–Kier alpha value is 0.270. The fourth-order valence-electron chi connectivity index (χ4n) is 0.843. The van der Waals surface area contributed by atoms with Gasteiger partial charge in [-0.25, -0.2) is 0 Å². The van der Waals surface area contributed by atoms with Gasteiger partial charge in [-0.2, -0.15) is 12.6 Å². The van der Waals surface area contributed by atoms with Crippen LogP contribution in [0.4, 0.5) is 0 Å². The third-order valence-electron chi connectivity index (χ3n) is 1.42. The molecule has 1 atom stereocenters. The molecule has 1 N–H and O–H groups in total. The Bertz CT molecular complexity index is 68.8. The highest BCUT2D eigenvalue weighted by molar-refractivity contribution is 7.80. The third kappa shape index (κ3) is 1.37. The summed E-state index contributed by atoms with van der Waals surface area (Å²) in [7, 11) is 0. The maximum atomic E-state index is 4.28. The van der Waals surface area contributed by atoms with Crippen LogP contribution in [-0.2, 0) is 0 Å². The highest BCUT2D eigenvalue weighted by atomic mass is 32.1. The van der Waals surface area contributed by atoms with E-state index in [0.717, 1.165) is 19.8 Å². The van der Waals surface area contributed by atoms with Crippen LogP contribution in [0.3, 0.4) is 0 Å². The molecule has 1 heterocycles. The zero-order valence-corrected chi connectivity index (χ0v) is 5.99. The van der Waals surface area contributed by atoms with Crippen molar-refractivity contribution in [1.29, 1.82) is 0 Å². The highest BCUT2D eigenvalue weighted by Crippen LogP contribution is 2.02. The van der Waals surface area contributed by atoms with E-state index in [1.54, 1.807) is 0 Å². The van der Waals surface area contributed by atoms with E-state index >= 15 is 0 Å². The standard InChI is InChI=1S/C5H12N2S/c1-5(8)7-3-2-6-4-7/h5-6,8H,2-4H2,1H3. The molecule has 1 aliphatic heterocycles. The minimum Gasteiger partial charge on any atom is -0.303 e. The Kier molecular flexibility index (Phi) is 2.16. The van der Waals surface area contributed by atoms with Crippen molar-refractivity contribution >= 4 is 12.6 Å². The van der Waals surface area contributed by atoms with Crippen molar-refractivity contribution in [3.8, 4) is 0 Å². The average molecular weight is 132 g/mol. The van der Waals surface area contributed by atoms with Crippen LogP contribution in [0.5, 0.6) is 0 Å². The summed E-state index contributed by atoms with van der Waals surface area (Å²) < 4.78 is 0. The molecule has 0 bridgehead atoms. The van der Waals surface area contributed by atoms with Crippen molar-refractivity contribution in [1.82, 2.24) is 10.2 Å². The fraction of sp³-hybridized carbons (Fsp3) is 1.00. The number of thiol groups is 1. The molecule has 1 rings (SSSR count). The van der Waals surface area contributed by atoms with Gasteiger partial charge in [0.25, 0.3) is 0 Å². The molecule has 1 unspecified atom stereocenters. The van der Waals surface area contributed by atoms with Crippen LogP contribution in [0, 0.1) is 0 Å². The molecule has 0 aromatic rings. The second kappa shape index (κ2) is 2.71. The van der Waals surface area contributed by atoms with Gasteiger partial charge >= 0.3 is 0 Å². The highest BCUT2D eigenvalue weighted by Gasteiger charge is 2.12. The number of nitrogens with zero attached hydrogens (tertiary/aromatic N) is 1. The largest absolute Gasteiger partial charge is 0.303 e. The molecule has 3 heteroatoms. The lowest BCUT2D eigenvalue weighted by atomic mass is 10.6. The van der Waals surface area contributed by atoms with Gasteiger partial charge in [-0.3, -0.25) is 4.90 Å². The zero-order chi connectivity index (χ0) is 5.98. The maximum absolute atomic E-state index is 4.28. The van der Waals surface area contributed by atoms with Crippen LogP contribution in [0.1, 0.15) is 6.92 Å². The lowest BCUT2D eigenvalue weighted by Crippen LogP contribution is -2.27. The van der Waals surface area contributed by atoms with Gasteiger partial charge in [-0.05, 0) is 6.92 Å². The summed E-state index contributed by atoms with van der Waals surface area (Å²) >= 11 is 4.28. The first-order chi connectivity index (χ1) is 3.80. The first-order valence-corrected chi connectivity index (χ1v) is 3.45. The molecule has 0 spiro atoms. The van der Waals surface area contributed by atoms with Gasteiger partial charge in [0.1, 0.15) is 0 Å². The van der Waals surface area contributed by atoms with Crippen molar-refractivity contribution in [2.24, 2.45) is 0 Å². The Balaban J connectivity index is 2.24. The number of rotatable bonds is 1. The summed E-state index contributed by atoms with van der Waals surface area (Å²) in [6.45, 7) is 5.36. The molecular formula is C5H12N2S. The molecule has 0 saturated carbocycles. The van der Waals surface area contributed by atoms with E-state index in [1.807, 2.05) is 0 Å². The van der Waals surface area contributed by atoms with Gasteiger partial charge in [0, 0.05) is 19.8 Å². The van der Waals surface area contributed by atoms with Gasteiger partial charge in [-0.15, -0.1) is 0 Å². The van der Waals surface area contributed by atoms with Crippen LogP contribution in [0.15, 0.2) is 0 Å². The topological polar surface area (TPSA) is 15.3 Å². The van der Waals surface area contributed by atoms with Crippen LogP contribution in [0.25, 0.3) is 0 Å². The quantitative estimate of drug-likeness (QED) is 0.493. The van der Waals surface area contributed by atoms with Crippen molar-refractivity contribution in [3.63, 3.8) is 0 Å².